The number of nitrogens with zero attached hydrogens (tertiary/aromatic N) is 4. The number of amides is 1. The lowest BCUT2D eigenvalue weighted by atomic mass is 9.83. The molecule has 2 heterocycles. The summed E-state index contributed by atoms with van der Waals surface area (Å²) < 4.78 is 3.89. The number of nitrogens with one attached hydrogen (secondary N) is 1. The second kappa shape index (κ2) is 5.02. The van der Waals surface area contributed by atoms with Gasteiger partial charge in [0.2, 0.25) is 0 Å². The molecule has 1 aliphatic carbocycles. The van der Waals surface area contributed by atoms with E-state index in [9.17, 15) is 9.90 Å². The molecule has 0 radical (unpaired) electrons. The maximum absolute atomic E-state index is 12.2. The maximum Gasteiger partial charge on any atom is 0.255 e. The number of rotatable bonds is 3. The minimum Gasteiger partial charge on any atom is -0.391 e. The average molecular weight is 340 g/mol. The second-order valence-corrected chi connectivity index (χ2v) is 5.58. The van der Waals surface area contributed by atoms with Crippen LogP contribution in [0.5, 0.6) is 0 Å². The van der Waals surface area contributed by atoms with Crippen molar-refractivity contribution in [3.8, 4) is 0 Å². The van der Waals surface area contributed by atoms with Crippen molar-refractivity contribution >= 4 is 21.8 Å². The first-order chi connectivity index (χ1) is 9.58. The summed E-state index contributed by atoms with van der Waals surface area (Å²) in [5.41, 5.74) is 0.480. The summed E-state index contributed by atoms with van der Waals surface area (Å²) in [7, 11) is 1.75. The Labute approximate surface area is 123 Å². The van der Waals surface area contributed by atoms with Crippen LogP contribution in [0.2, 0.25) is 0 Å². The van der Waals surface area contributed by atoms with Crippen LogP contribution >= 0.6 is 15.9 Å². The van der Waals surface area contributed by atoms with E-state index in [0.29, 0.717) is 16.6 Å². The number of halogens is 1. The molecule has 106 valence electrons. The van der Waals surface area contributed by atoms with Crippen LogP contribution in [0, 0.1) is 0 Å². The van der Waals surface area contributed by atoms with Gasteiger partial charge in [-0.25, -0.2) is 0 Å². The molecule has 0 aliphatic heterocycles. The molecule has 3 atom stereocenters. The molecule has 2 aromatic rings. The molecule has 0 saturated heterocycles. The van der Waals surface area contributed by atoms with Gasteiger partial charge in [0.05, 0.1) is 29.9 Å². The molecule has 2 N–H and O–H groups in total. The normalized spacial score (nSPS) is 25.2. The Morgan fingerprint density at radius 1 is 1.55 bits per heavy atom. The van der Waals surface area contributed by atoms with Gasteiger partial charge >= 0.3 is 0 Å². The predicted molar refractivity (Wildman–Crippen MR) is 74.1 cm³/mol. The molecular formula is C12H14BrN5O2. The number of hydrogen-bond acceptors (Lipinski definition) is 4. The van der Waals surface area contributed by atoms with Crippen LogP contribution in [0.15, 0.2) is 29.3 Å². The van der Waals surface area contributed by atoms with Crippen LogP contribution < -0.4 is 5.32 Å². The fraction of sp³-hybridized carbons (Fsp3) is 0.417. The van der Waals surface area contributed by atoms with E-state index in [1.165, 1.54) is 6.20 Å². The molecule has 0 bridgehead atoms. The van der Waals surface area contributed by atoms with Crippen LogP contribution in [-0.2, 0) is 7.05 Å². The second-order valence-electron chi connectivity index (χ2n) is 4.83. The quantitative estimate of drug-likeness (QED) is 0.851. The van der Waals surface area contributed by atoms with Gasteiger partial charge in [0.15, 0.2) is 0 Å². The molecule has 20 heavy (non-hydrogen) atoms. The van der Waals surface area contributed by atoms with Crippen molar-refractivity contribution in [2.45, 2.75) is 24.6 Å². The Hall–Kier alpha value is -1.67. The highest BCUT2D eigenvalue weighted by Gasteiger charge is 2.42. The first-order valence-electron chi connectivity index (χ1n) is 6.23. The SMILES string of the molecule is Cn1ncc(C(=O)N[C@H]2C[C@@H](O)[C@@H]2n2cccn2)c1Br. The lowest BCUT2D eigenvalue weighted by Gasteiger charge is -2.41. The molecule has 1 aliphatic rings. The Morgan fingerprint density at radius 3 is 2.90 bits per heavy atom. The lowest BCUT2D eigenvalue weighted by molar-refractivity contribution is -0.00589. The average Bonchev–Trinajstić information content (AvgIpc) is 3.01. The number of aliphatic hydroxyl groups is 1. The summed E-state index contributed by atoms with van der Waals surface area (Å²) in [5.74, 6) is -0.209. The molecule has 3 rings (SSSR count). The van der Waals surface area contributed by atoms with Crippen LogP contribution in [0.3, 0.4) is 0 Å². The summed E-state index contributed by atoms with van der Waals surface area (Å²) in [4.78, 5) is 12.2. The highest BCUT2D eigenvalue weighted by Crippen LogP contribution is 2.32. The number of carbonyl (C=O) groups is 1. The minimum absolute atomic E-state index is 0.135. The number of hydrogen-bond donors (Lipinski definition) is 2. The van der Waals surface area contributed by atoms with Crippen LogP contribution in [0.4, 0.5) is 0 Å². The van der Waals surface area contributed by atoms with Gasteiger partial charge < -0.3 is 10.4 Å². The Morgan fingerprint density at radius 2 is 2.35 bits per heavy atom. The Balaban J connectivity index is 1.72. The van der Waals surface area contributed by atoms with Gasteiger partial charge in [-0.3, -0.25) is 14.2 Å². The molecule has 1 fully saturated rings. The van der Waals surface area contributed by atoms with Crippen LogP contribution in [0.1, 0.15) is 22.8 Å². The van der Waals surface area contributed by atoms with Crippen molar-refractivity contribution in [1.29, 1.82) is 0 Å². The van der Waals surface area contributed by atoms with E-state index in [1.807, 2.05) is 0 Å². The van der Waals surface area contributed by atoms with E-state index < -0.39 is 6.10 Å². The molecule has 1 amide bonds. The third-order valence-electron chi connectivity index (χ3n) is 3.56. The molecule has 0 spiro atoms. The number of aliphatic hydroxyl groups excluding tert-OH is 1. The molecule has 1 saturated carbocycles. The van der Waals surface area contributed by atoms with Gasteiger partial charge in [-0.1, -0.05) is 0 Å². The first kappa shape index (κ1) is 13.3. The van der Waals surface area contributed by atoms with Gasteiger partial charge in [-0.2, -0.15) is 10.2 Å². The topological polar surface area (TPSA) is 85.0 Å². The highest BCUT2D eigenvalue weighted by molar-refractivity contribution is 9.10. The molecule has 0 unspecified atom stereocenters. The van der Waals surface area contributed by atoms with Gasteiger partial charge in [0.25, 0.3) is 5.91 Å². The first-order valence-corrected chi connectivity index (χ1v) is 7.03. The van der Waals surface area contributed by atoms with Gasteiger partial charge in [0, 0.05) is 19.4 Å². The van der Waals surface area contributed by atoms with E-state index in [1.54, 1.807) is 34.9 Å². The van der Waals surface area contributed by atoms with E-state index in [2.05, 4.69) is 31.4 Å². The van der Waals surface area contributed by atoms with Crippen LogP contribution in [-0.4, -0.2) is 42.7 Å². The summed E-state index contributed by atoms with van der Waals surface area (Å²) in [5, 5.41) is 20.9. The largest absolute Gasteiger partial charge is 0.391 e. The van der Waals surface area contributed by atoms with Crippen LogP contribution in [0.25, 0.3) is 0 Å². The summed E-state index contributed by atoms with van der Waals surface area (Å²) in [6.45, 7) is 0. The highest BCUT2D eigenvalue weighted by atomic mass is 79.9. The summed E-state index contributed by atoms with van der Waals surface area (Å²) in [6, 6.07) is 1.44. The minimum atomic E-state index is -0.488. The van der Waals surface area contributed by atoms with Gasteiger partial charge in [-0.05, 0) is 28.4 Å². The predicted octanol–water partition coefficient (Wildman–Crippen LogP) is 0.483. The summed E-state index contributed by atoms with van der Waals surface area (Å²) >= 11 is 3.32. The van der Waals surface area contributed by atoms with Crippen molar-refractivity contribution in [3.05, 3.63) is 34.8 Å². The third kappa shape index (κ3) is 2.14. The Kier molecular flexibility index (Phi) is 3.35. The van der Waals surface area contributed by atoms with Crippen molar-refractivity contribution in [3.63, 3.8) is 0 Å². The fourth-order valence-corrected chi connectivity index (χ4v) is 2.77. The lowest BCUT2D eigenvalue weighted by Crippen LogP contribution is -2.56. The smallest absolute Gasteiger partial charge is 0.255 e. The van der Waals surface area contributed by atoms with E-state index in [4.69, 9.17) is 0 Å². The van der Waals surface area contributed by atoms with E-state index >= 15 is 0 Å². The van der Waals surface area contributed by atoms with E-state index in [0.717, 1.165) is 0 Å². The molecule has 7 nitrogen and oxygen atoms in total. The Bertz CT molecular complexity index is 624. The van der Waals surface area contributed by atoms with Crippen molar-refractivity contribution in [2.24, 2.45) is 7.05 Å². The number of aryl methyl sites for hydroxylation is 1. The zero-order valence-corrected chi connectivity index (χ0v) is 12.4. The van der Waals surface area contributed by atoms with Crippen molar-refractivity contribution < 1.29 is 9.90 Å². The van der Waals surface area contributed by atoms with Crippen molar-refractivity contribution in [2.75, 3.05) is 0 Å². The maximum atomic E-state index is 12.2. The molecule has 8 heteroatoms. The fourth-order valence-electron chi connectivity index (χ4n) is 2.39. The third-order valence-corrected chi connectivity index (χ3v) is 4.50. The molecule has 0 aromatic carbocycles. The zero-order chi connectivity index (χ0) is 14.3. The molecular weight excluding hydrogens is 326 g/mol. The standard InChI is InChI=1S/C12H14BrN5O2/c1-17-11(13)7(6-15-17)12(20)16-8-5-9(19)10(8)18-4-2-3-14-18/h2-4,6,8-10,19H,5H2,1H3,(H,16,20)/t8-,9+,10+/m0/s1. The molecule has 2 aromatic heterocycles. The van der Waals surface area contributed by atoms with E-state index in [-0.39, 0.29) is 18.0 Å². The number of carbonyl (C=O) groups excluding carboxylic acids is 1. The van der Waals surface area contributed by atoms with Gasteiger partial charge in [-0.15, -0.1) is 0 Å². The summed E-state index contributed by atoms with van der Waals surface area (Å²) in [6.07, 6.45) is 4.98. The van der Waals surface area contributed by atoms with Gasteiger partial charge in [0.1, 0.15) is 4.60 Å². The van der Waals surface area contributed by atoms with Crippen molar-refractivity contribution in [1.82, 2.24) is 24.9 Å². The monoisotopic (exact) mass is 339 g/mol. The zero-order valence-electron chi connectivity index (χ0n) is 10.8. The number of aromatic nitrogens is 4.